The molecule has 0 saturated heterocycles. The molecule has 1 aromatic rings. The SMILES string of the molecule is CCCC1CCCC(N)(Cc2cc(F)ccc2C)CC1. The molecule has 112 valence electrons. The van der Waals surface area contributed by atoms with Gasteiger partial charge in [-0.25, -0.2) is 4.39 Å². The van der Waals surface area contributed by atoms with E-state index in [-0.39, 0.29) is 11.4 Å². The average molecular weight is 277 g/mol. The molecule has 0 aromatic heterocycles. The van der Waals surface area contributed by atoms with Gasteiger partial charge in [0.25, 0.3) is 0 Å². The number of hydrogen-bond donors (Lipinski definition) is 1. The maximum absolute atomic E-state index is 13.4. The monoisotopic (exact) mass is 277 g/mol. The molecule has 1 aromatic carbocycles. The molecular weight excluding hydrogens is 249 g/mol. The van der Waals surface area contributed by atoms with Crippen molar-refractivity contribution < 1.29 is 4.39 Å². The molecule has 2 heteroatoms. The van der Waals surface area contributed by atoms with Crippen molar-refractivity contribution in [2.75, 3.05) is 0 Å². The second-order valence-electron chi connectivity index (χ2n) is 6.70. The lowest BCUT2D eigenvalue weighted by Crippen LogP contribution is -2.41. The van der Waals surface area contributed by atoms with Crippen LogP contribution in [0.1, 0.15) is 63.0 Å². The smallest absolute Gasteiger partial charge is 0.123 e. The average Bonchev–Trinajstić information content (AvgIpc) is 2.57. The summed E-state index contributed by atoms with van der Waals surface area (Å²) in [5.41, 5.74) is 8.75. The highest BCUT2D eigenvalue weighted by Crippen LogP contribution is 2.33. The molecular formula is C18H28FN. The molecule has 0 aliphatic heterocycles. The minimum Gasteiger partial charge on any atom is -0.325 e. The van der Waals surface area contributed by atoms with Gasteiger partial charge in [-0.1, -0.05) is 38.7 Å². The highest BCUT2D eigenvalue weighted by atomic mass is 19.1. The highest BCUT2D eigenvalue weighted by molar-refractivity contribution is 5.28. The van der Waals surface area contributed by atoms with Crippen LogP contribution in [0.25, 0.3) is 0 Å². The number of rotatable bonds is 4. The van der Waals surface area contributed by atoms with Crippen LogP contribution in [0, 0.1) is 18.7 Å². The van der Waals surface area contributed by atoms with Crippen LogP contribution in [0.2, 0.25) is 0 Å². The molecule has 1 aliphatic rings. The molecule has 0 amide bonds. The maximum Gasteiger partial charge on any atom is 0.123 e. The van der Waals surface area contributed by atoms with Crippen molar-refractivity contribution in [1.82, 2.24) is 0 Å². The van der Waals surface area contributed by atoms with Gasteiger partial charge in [-0.3, -0.25) is 0 Å². The van der Waals surface area contributed by atoms with Crippen molar-refractivity contribution in [1.29, 1.82) is 0 Å². The summed E-state index contributed by atoms with van der Waals surface area (Å²) in [5.74, 6) is 0.700. The van der Waals surface area contributed by atoms with Gasteiger partial charge >= 0.3 is 0 Å². The van der Waals surface area contributed by atoms with E-state index in [4.69, 9.17) is 5.73 Å². The van der Waals surface area contributed by atoms with Gasteiger partial charge in [0.05, 0.1) is 0 Å². The van der Waals surface area contributed by atoms with Gasteiger partial charge in [0.2, 0.25) is 0 Å². The maximum atomic E-state index is 13.4. The van der Waals surface area contributed by atoms with Crippen LogP contribution in [-0.4, -0.2) is 5.54 Å². The fourth-order valence-corrected chi connectivity index (χ4v) is 3.59. The van der Waals surface area contributed by atoms with Crippen LogP contribution in [0.4, 0.5) is 4.39 Å². The molecule has 1 nitrogen and oxygen atoms in total. The largest absolute Gasteiger partial charge is 0.325 e. The minimum atomic E-state index is -0.147. The Morgan fingerprint density at radius 2 is 2.10 bits per heavy atom. The molecule has 1 aliphatic carbocycles. The Labute approximate surface area is 122 Å². The predicted molar refractivity (Wildman–Crippen MR) is 83.2 cm³/mol. The van der Waals surface area contributed by atoms with Crippen LogP contribution in [0.3, 0.4) is 0 Å². The molecule has 2 atom stereocenters. The number of nitrogens with two attached hydrogens (primary N) is 1. The zero-order valence-corrected chi connectivity index (χ0v) is 12.9. The predicted octanol–water partition coefficient (Wildman–Crippen LogP) is 4.75. The van der Waals surface area contributed by atoms with Gasteiger partial charge in [-0.15, -0.1) is 0 Å². The van der Waals surface area contributed by atoms with E-state index in [1.54, 1.807) is 6.07 Å². The fourth-order valence-electron chi connectivity index (χ4n) is 3.59. The minimum absolute atomic E-state index is 0.138. The Kier molecular flexibility index (Phi) is 5.20. The Hall–Kier alpha value is -0.890. The molecule has 2 unspecified atom stereocenters. The Morgan fingerprint density at radius 1 is 1.30 bits per heavy atom. The topological polar surface area (TPSA) is 26.0 Å². The summed E-state index contributed by atoms with van der Waals surface area (Å²) in [4.78, 5) is 0. The molecule has 0 radical (unpaired) electrons. The van der Waals surface area contributed by atoms with E-state index in [0.717, 1.165) is 36.3 Å². The lowest BCUT2D eigenvalue weighted by atomic mass is 9.83. The third-order valence-electron chi connectivity index (χ3n) is 4.89. The Bertz CT molecular complexity index is 443. The summed E-state index contributed by atoms with van der Waals surface area (Å²) in [7, 11) is 0. The van der Waals surface area contributed by atoms with Crippen molar-refractivity contribution in [2.24, 2.45) is 11.7 Å². The highest BCUT2D eigenvalue weighted by Gasteiger charge is 2.29. The van der Waals surface area contributed by atoms with E-state index in [9.17, 15) is 4.39 Å². The lowest BCUT2D eigenvalue weighted by Gasteiger charge is -2.29. The summed E-state index contributed by atoms with van der Waals surface area (Å²) >= 11 is 0. The van der Waals surface area contributed by atoms with Gasteiger partial charge in [0.1, 0.15) is 5.82 Å². The van der Waals surface area contributed by atoms with Crippen LogP contribution < -0.4 is 5.73 Å². The van der Waals surface area contributed by atoms with E-state index in [1.807, 2.05) is 6.07 Å². The summed E-state index contributed by atoms with van der Waals surface area (Å²) in [6.45, 7) is 4.31. The van der Waals surface area contributed by atoms with E-state index >= 15 is 0 Å². The van der Waals surface area contributed by atoms with Crippen molar-refractivity contribution in [2.45, 2.75) is 70.8 Å². The molecule has 0 spiro atoms. The molecule has 0 heterocycles. The van der Waals surface area contributed by atoms with Gasteiger partial charge in [0, 0.05) is 5.54 Å². The molecule has 1 fully saturated rings. The van der Waals surface area contributed by atoms with Crippen LogP contribution >= 0.6 is 0 Å². The van der Waals surface area contributed by atoms with E-state index in [2.05, 4.69) is 13.8 Å². The van der Waals surface area contributed by atoms with Gasteiger partial charge in [-0.05, 0) is 61.8 Å². The quantitative estimate of drug-likeness (QED) is 0.789. The van der Waals surface area contributed by atoms with Crippen molar-refractivity contribution >= 4 is 0 Å². The van der Waals surface area contributed by atoms with Crippen LogP contribution in [-0.2, 0) is 6.42 Å². The summed E-state index contributed by atoms with van der Waals surface area (Å²) in [6, 6.07) is 5.06. The summed E-state index contributed by atoms with van der Waals surface area (Å²) < 4.78 is 13.4. The first kappa shape index (κ1) is 15.5. The summed E-state index contributed by atoms with van der Waals surface area (Å²) in [6.07, 6.45) is 9.33. The van der Waals surface area contributed by atoms with Gasteiger partial charge in [-0.2, -0.15) is 0 Å². The number of halogens is 1. The number of benzene rings is 1. The molecule has 2 rings (SSSR count). The first-order valence-electron chi connectivity index (χ1n) is 8.06. The van der Waals surface area contributed by atoms with Crippen molar-refractivity contribution in [3.63, 3.8) is 0 Å². The fraction of sp³-hybridized carbons (Fsp3) is 0.667. The van der Waals surface area contributed by atoms with Crippen LogP contribution in [0.15, 0.2) is 18.2 Å². The molecule has 2 N–H and O–H groups in total. The van der Waals surface area contributed by atoms with E-state index in [0.29, 0.717) is 0 Å². The molecule has 0 bridgehead atoms. The van der Waals surface area contributed by atoms with E-state index < -0.39 is 0 Å². The Morgan fingerprint density at radius 3 is 2.85 bits per heavy atom. The standard InChI is InChI=1S/C18H28FN/c1-3-5-15-6-4-10-18(20,11-9-15)13-16-12-17(19)8-7-14(16)2/h7-8,12,15H,3-6,9-11,13,20H2,1-2H3. The zero-order valence-electron chi connectivity index (χ0n) is 12.9. The van der Waals surface area contributed by atoms with Crippen molar-refractivity contribution in [3.8, 4) is 0 Å². The first-order chi connectivity index (χ1) is 9.52. The zero-order chi connectivity index (χ0) is 14.6. The third kappa shape index (κ3) is 4.05. The first-order valence-corrected chi connectivity index (χ1v) is 8.06. The normalized spacial score (nSPS) is 27.3. The van der Waals surface area contributed by atoms with Crippen LogP contribution in [0.5, 0.6) is 0 Å². The molecule has 1 saturated carbocycles. The van der Waals surface area contributed by atoms with Gasteiger partial charge in [0.15, 0.2) is 0 Å². The van der Waals surface area contributed by atoms with Crippen molar-refractivity contribution in [3.05, 3.63) is 35.1 Å². The van der Waals surface area contributed by atoms with Gasteiger partial charge < -0.3 is 5.73 Å². The Balaban J connectivity index is 2.05. The number of hydrogen-bond acceptors (Lipinski definition) is 1. The molecule has 20 heavy (non-hydrogen) atoms. The third-order valence-corrected chi connectivity index (χ3v) is 4.89. The second-order valence-corrected chi connectivity index (χ2v) is 6.70. The summed E-state index contributed by atoms with van der Waals surface area (Å²) in [5, 5.41) is 0. The second kappa shape index (κ2) is 6.71. The van der Waals surface area contributed by atoms with E-state index in [1.165, 1.54) is 38.2 Å². The lowest BCUT2D eigenvalue weighted by molar-refractivity contribution is 0.354. The number of aryl methyl sites for hydroxylation is 1.